The number of nitrogens with zero attached hydrogens (tertiary/aromatic N) is 1. The summed E-state index contributed by atoms with van der Waals surface area (Å²) >= 11 is 7.28. The van der Waals surface area contributed by atoms with Crippen molar-refractivity contribution in [1.82, 2.24) is 4.31 Å². The number of carboxylic acids is 1. The van der Waals surface area contributed by atoms with Crippen LogP contribution < -0.4 is 0 Å². The predicted molar refractivity (Wildman–Crippen MR) is 78.4 cm³/mol. The maximum Gasteiger partial charge on any atom is 0.322 e. The average molecular weight is 336 g/mol. The Hall–Kier alpha value is -0.760. The maximum absolute atomic E-state index is 12.7. The summed E-state index contributed by atoms with van der Waals surface area (Å²) < 4.78 is 26.5. The number of rotatable bonds is 4. The Bertz CT molecular complexity index is 620. The van der Waals surface area contributed by atoms with E-state index in [1.165, 1.54) is 23.9 Å². The number of thioether (sulfide) groups is 1. The first kappa shape index (κ1) is 15.6. The van der Waals surface area contributed by atoms with Crippen LogP contribution in [0.25, 0.3) is 0 Å². The van der Waals surface area contributed by atoms with Crippen LogP contribution in [0, 0.1) is 0 Å². The Kier molecular flexibility index (Phi) is 4.63. The van der Waals surface area contributed by atoms with Gasteiger partial charge in [0.2, 0.25) is 10.0 Å². The van der Waals surface area contributed by atoms with E-state index in [0.29, 0.717) is 6.42 Å². The van der Waals surface area contributed by atoms with Crippen LogP contribution in [-0.2, 0) is 14.8 Å². The first-order valence-electron chi connectivity index (χ1n) is 6.02. The van der Waals surface area contributed by atoms with Crippen molar-refractivity contribution in [3.63, 3.8) is 0 Å². The lowest BCUT2D eigenvalue weighted by atomic mass is 10.3. The Morgan fingerprint density at radius 1 is 1.50 bits per heavy atom. The number of carboxylic acid groups (broad SMARTS) is 1. The molecule has 1 aliphatic rings. The first-order valence-corrected chi connectivity index (χ1v) is 8.88. The smallest absolute Gasteiger partial charge is 0.322 e. The molecule has 8 heteroatoms. The average Bonchev–Trinajstić information content (AvgIpc) is 2.83. The lowest BCUT2D eigenvalue weighted by molar-refractivity contribution is -0.140. The topological polar surface area (TPSA) is 74.7 Å². The Balaban J connectivity index is 2.50. The molecule has 1 aromatic carbocycles. The molecule has 5 nitrogen and oxygen atoms in total. The van der Waals surface area contributed by atoms with E-state index in [1.54, 1.807) is 12.1 Å². The highest BCUT2D eigenvalue weighted by Gasteiger charge is 2.46. The third-order valence-corrected chi connectivity index (χ3v) is 7.07. The summed E-state index contributed by atoms with van der Waals surface area (Å²) in [4.78, 5) is 11.2. The van der Waals surface area contributed by atoms with E-state index in [1.807, 2.05) is 6.92 Å². The maximum atomic E-state index is 12.7. The molecule has 1 heterocycles. The molecule has 0 aliphatic carbocycles. The molecule has 1 saturated heterocycles. The monoisotopic (exact) mass is 335 g/mol. The minimum atomic E-state index is -3.93. The molecule has 20 heavy (non-hydrogen) atoms. The second-order valence-corrected chi connectivity index (χ2v) is 7.75. The number of sulfonamides is 1. The predicted octanol–water partition coefficient (Wildman–Crippen LogP) is 2.27. The molecule has 1 aromatic rings. The Morgan fingerprint density at radius 3 is 2.70 bits per heavy atom. The van der Waals surface area contributed by atoms with Gasteiger partial charge in [0.1, 0.15) is 10.9 Å². The van der Waals surface area contributed by atoms with Gasteiger partial charge in [-0.25, -0.2) is 8.42 Å². The lowest BCUT2D eigenvalue weighted by Crippen LogP contribution is -2.45. The quantitative estimate of drug-likeness (QED) is 0.913. The fraction of sp³-hybridized carbons (Fsp3) is 0.417. The standard InChI is InChI=1S/C12H14ClNO4S2/c1-2-11-14(9(7-19-11)12(15)16)20(17,18)10-6-4-3-5-8(10)13/h3-6,9,11H,2,7H2,1H3,(H,15,16). The highest BCUT2D eigenvalue weighted by Crippen LogP contribution is 2.37. The van der Waals surface area contributed by atoms with Crippen molar-refractivity contribution >= 4 is 39.4 Å². The minimum absolute atomic E-state index is 0.0473. The molecule has 2 unspecified atom stereocenters. The van der Waals surface area contributed by atoms with Crippen LogP contribution in [0.15, 0.2) is 29.2 Å². The van der Waals surface area contributed by atoms with Crippen molar-refractivity contribution in [3.05, 3.63) is 29.3 Å². The summed E-state index contributed by atoms with van der Waals surface area (Å²) in [6, 6.07) is 5.03. The molecule has 0 saturated carbocycles. The van der Waals surface area contributed by atoms with Gasteiger partial charge in [-0.1, -0.05) is 30.7 Å². The van der Waals surface area contributed by atoms with E-state index in [-0.39, 0.29) is 21.0 Å². The van der Waals surface area contributed by atoms with E-state index < -0.39 is 22.0 Å². The molecule has 1 N–H and O–H groups in total. The van der Waals surface area contributed by atoms with Crippen molar-refractivity contribution in [2.75, 3.05) is 5.75 Å². The van der Waals surface area contributed by atoms with Crippen LogP contribution in [0.3, 0.4) is 0 Å². The molecule has 2 rings (SSSR count). The van der Waals surface area contributed by atoms with Crippen LogP contribution in [0.5, 0.6) is 0 Å². The first-order chi connectivity index (χ1) is 9.39. The zero-order valence-electron chi connectivity index (χ0n) is 10.7. The van der Waals surface area contributed by atoms with Gasteiger partial charge >= 0.3 is 5.97 Å². The van der Waals surface area contributed by atoms with Crippen molar-refractivity contribution in [1.29, 1.82) is 0 Å². The summed E-state index contributed by atoms with van der Waals surface area (Å²) in [5, 5.41) is 8.95. The summed E-state index contributed by atoms with van der Waals surface area (Å²) in [5.41, 5.74) is 0. The zero-order chi connectivity index (χ0) is 14.9. The van der Waals surface area contributed by atoms with Crippen LogP contribution in [0.4, 0.5) is 0 Å². The molecule has 0 amide bonds. The molecule has 0 spiro atoms. The van der Waals surface area contributed by atoms with Gasteiger partial charge < -0.3 is 5.11 Å². The van der Waals surface area contributed by atoms with E-state index >= 15 is 0 Å². The molecule has 1 aliphatic heterocycles. The van der Waals surface area contributed by atoms with Gasteiger partial charge in [-0.15, -0.1) is 11.8 Å². The van der Waals surface area contributed by atoms with Crippen molar-refractivity contribution in [3.8, 4) is 0 Å². The number of halogens is 1. The van der Waals surface area contributed by atoms with Gasteiger partial charge in [-0.2, -0.15) is 4.31 Å². The molecular formula is C12H14ClNO4S2. The van der Waals surface area contributed by atoms with E-state index in [2.05, 4.69) is 0 Å². The number of benzene rings is 1. The van der Waals surface area contributed by atoms with Crippen molar-refractivity contribution in [2.45, 2.75) is 29.7 Å². The van der Waals surface area contributed by atoms with Crippen LogP contribution in [0.2, 0.25) is 5.02 Å². The largest absolute Gasteiger partial charge is 0.480 e. The zero-order valence-corrected chi connectivity index (χ0v) is 13.1. The van der Waals surface area contributed by atoms with Gasteiger partial charge in [0.05, 0.1) is 10.4 Å². The van der Waals surface area contributed by atoms with Crippen LogP contribution >= 0.6 is 23.4 Å². The number of aliphatic carboxylic acids is 1. The summed E-state index contributed by atoms with van der Waals surface area (Å²) in [7, 11) is -3.93. The van der Waals surface area contributed by atoms with E-state index in [4.69, 9.17) is 11.6 Å². The number of carbonyl (C=O) groups is 1. The third kappa shape index (κ3) is 2.67. The molecule has 2 atom stereocenters. The van der Waals surface area contributed by atoms with E-state index in [9.17, 15) is 18.3 Å². The minimum Gasteiger partial charge on any atom is -0.480 e. The molecule has 0 aromatic heterocycles. The van der Waals surface area contributed by atoms with Crippen LogP contribution in [0.1, 0.15) is 13.3 Å². The van der Waals surface area contributed by atoms with Crippen molar-refractivity contribution < 1.29 is 18.3 Å². The Labute approximate surface area is 127 Å². The summed E-state index contributed by atoms with van der Waals surface area (Å²) in [5.74, 6) is -0.888. The highest BCUT2D eigenvalue weighted by atomic mass is 35.5. The second kappa shape index (κ2) is 5.93. The van der Waals surface area contributed by atoms with Gasteiger partial charge in [-0.3, -0.25) is 4.79 Å². The third-order valence-electron chi connectivity index (χ3n) is 3.06. The summed E-state index contributed by atoms with van der Waals surface area (Å²) in [6.07, 6.45) is 0.540. The SMILES string of the molecule is CCC1SCC(C(=O)O)N1S(=O)(=O)c1ccccc1Cl. The van der Waals surface area contributed by atoms with Gasteiger partial charge in [0.25, 0.3) is 0 Å². The fourth-order valence-corrected chi connectivity index (χ4v) is 6.15. The highest BCUT2D eigenvalue weighted by molar-refractivity contribution is 8.01. The number of hydrogen-bond acceptors (Lipinski definition) is 4. The van der Waals surface area contributed by atoms with E-state index in [0.717, 1.165) is 4.31 Å². The second-order valence-electron chi connectivity index (χ2n) is 4.32. The molecule has 1 fully saturated rings. The normalized spacial score (nSPS) is 23.9. The van der Waals surface area contributed by atoms with Gasteiger partial charge in [-0.05, 0) is 18.6 Å². The molecule has 110 valence electrons. The lowest BCUT2D eigenvalue weighted by Gasteiger charge is -2.26. The van der Waals surface area contributed by atoms with Crippen molar-refractivity contribution in [2.24, 2.45) is 0 Å². The molecular weight excluding hydrogens is 322 g/mol. The molecule has 0 radical (unpaired) electrons. The fourth-order valence-electron chi connectivity index (χ4n) is 2.12. The summed E-state index contributed by atoms with van der Waals surface area (Å²) in [6.45, 7) is 1.83. The molecule has 0 bridgehead atoms. The van der Waals surface area contributed by atoms with Crippen LogP contribution in [-0.4, -0.2) is 41.0 Å². The number of hydrogen-bond donors (Lipinski definition) is 1. The van der Waals surface area contributed by atoms with Gasteiger partial charge in [0, 0.05) is 5.75 Å². The Morgan fingerprint density at radius 2 is 2.15 bits per heavy atom. The van der Waals surface area contributed by atoms with Gasteiger partial charge in [0.15, 0.2) is 0 Å².